The van der Waals surface area contributed by atoms with Crippen LogP contribution in [0.3, 0.4) is 0 Å². The summed E-state index contributed by atoms with van der Waals surface area (Å²) in [5.41, 5.74) is 7.01. The molecule has 0 aromatic heterocycles. The maximum atomic E-state index is 16.0. The van der Waals surface area contributed by atoms with Crippen LogP contribution in [0.15, 0.2) is 91.0 Å². The molecule has 6 aliphatic rings. The van der Waals surface area contributed by atoms with Gasteiger partial charge in [0.15, 0.2) is 36.0 Å². The molecule has 5 aromatic rings. The van der Waals surface area contributed by atoms with Crippen molar-refractivity contribution in [1.82, 2.24) is 31.9 Å². The monoisotopic (exact) mass is 1460 g/mol. The number of hydrogen-bond donors (Lipinski definition) is 19. The number of amides is 6. The topological polar surface area (TPSA) is 522 Å². The zero-order valence-corrected chi connectivity index (χ0v) is 57.2. The molecule has 6 amide bonds. The highest BCUT2D eigenvalue weighted by molar-refractivity contribution is 6.32. The number of phenolic OH excluding ortho intramolecular Hbond substituents is 3. The standard InChI is InChI=1S/C68H82Cl2N8O24/c1-27(2)15-40(73-6)61(90)77-52-53(85)30-9-13-43(38(69)18-30)98-45-19-32-20-46(56(45)102-66-57(55(87)54(86)47(26-79)100-66)101-49-25-67(4,72)59(88)28(3)97-49)99-44-14-10-33(21-39(44)70)68(5,96)58(64(93)76-51(65(94)95)31-16-35(81)22-36(82)17-31)78-60(89)37(29-7-11-34(80)12-8-29)23-42(83)50(32)75-62(91)41(24-48(71)84)74-63(52)92/h7-14,16-22,27-28,37,40-41,47,49-55,57-59,65-66,73,79-82,85-88,94-96H,15,23-26,72H2,1-6H3,(H2,71,84)(H,74,92)(H,75,91)(H,76,93)(H,77,90)(H,78,89). The van der Waals surface area contributed by atoms with Crippen LogP contribution in [0, 0.1) is 5.92 Å². The number of nitrogens with two attached hydrogens (primary N) is 2. The molecule has 11 rings (SSSR count). The number of hydrogen-bond acceptors (Lipinski definition) is 26. The van der Waals surface area contributed by atoms with Gasteiger partial charge in [0.2, 0.25) is 47.5 Å². The van der Waals surface area contributed by atoms with Gasteiger partial charge in [0.1, 0.15) is 89.0 Å². The van der Waals surface area contributed by atoms with Crippen LogP contribution in [-0.4, -0.2) is 196 Å². The lowest BCUT2D eigenvalue weighted by atomic mass is 9.85. The molecule has 21 N–H and O–H groups in total. The normalized spacial score (nSPS) is 29.2. The molecule has 2 fully saturated rings. The third kappa shape index (κ3) is 17.6. The third-order valence-corrected chi connectivity index (χ3v) is 18.6. The van der Waals surface area contributed by atoms with E-state index in [-0.39, 0.29) is 68.8 Å². The van der Waals surface area contributed by atoms with Crippen molar-refractivity contribution < 1.29 is 118 Å². The summed E-state index contributed by atoms with van der Waals surface area (Å²) in [5.74, 6) is -14.4. The van der Waals surface area contributed by atoms with E-state index in [2.05, 4.69) is 31.9 Å². The number of aliphatic hydroxyl groups is 8. The molecule has 0 saturated carbocycles. The molecule has 6 aliphatic heterocycles. The van der Waals surface area contributed by atoms with E-state index in [4.69, 9.17) is 63.1 Å². The fraction of sp³-hybridized carbons (Fsp3) is 0.456. The summed E-state index contributed by atoms with van der Waals surface area (Å²) in [4.78, 5) is 104. The quantitative estimate of drug-likeness (QED) is 0.0561. The predicted molar refractivity (Wildman–Crippen MR) is 357 cm³/mol. The molecule has 0 aliphatic carbocycles. The van der Waals surface area contributed by atoms with E-state index < -0.39 is 209 Å². The second-order valence-electron chi connectivity index (χ2n) is 26.4. The maximum Gasteiger partial charge on any atom is 0.246 e. The lowest BCUT2D eigenvalue weighted by Gasteiger charge is -2.47. The lowest BCUT2D eigenvalue weighted by Crippen LogP contribution is -2.64. The Bertz CT molecular complexity index is 3920. The van der Waals surface area contributed by atoms with E-state index >= 15 is 14.4 Å². The molecule has 34 heteroatoms. The van der Waals surface area contributed by atoms with Crippen molar-refractivity contribution >= 4 is 64.4 Å². The van der Waals surface area contributed by atoms with E-state index in [9.17, 15) is 75.3 Å². The molecule has 18 atom stereocenters. The van der Waals surface area contributed by atoms with Gasteiger partial charge in [-0.15, -0.1) is 0 Å². The van der Waals surface area contributed by atoms with Crippen LogP contribution < -0.4 is 57.6 Å². The highest BCUT2D eigenvalue weighted by Crippen LogP contribution is 2.49. The Morgan fingerprint density at radius 1 is 0.755 bits per heavy atom. The van der Waals surface area contributed by atoms with Crippen LogP contribution in [0.1, 0.15) is 112 Å². The summed E-state index contributed by atoms with van der Waals surface area (Å²) >= 11 is 14.2. The van der Waals surface area contributed by atoms with Gasteiger partial charge in [-0.25, -0.2) is 0 Å². The van der Waals surface area contributed by atoms with E-state index in [0.29, 0.717) is 0 Å². The van der Waals surface area contributed by atoms with Crippen LogP contribution in [0.2, 0.25) is 10.0 Å². The zero-order valence-electron chi connectivity index (χ0n) is 55.7. The first-order chi connectivity index (χ1) is 48.0. The number of phenols is 3. The number of ether oxygens (including phenoxy) is 6. The van der Waals surface area contributed by atoms with Crippen LogP contribution >= 0.6 is 23.2 Å². The Kier molecular flexibility index (Phi) is 24.3. The Balaban J connectivity index is 1.30. The van der Waals surface area contributed by atoms with E-state index in [1.54, 1.807) is 0 Å². The number of aromatic hydroxyl groups is 3. The molecule has 2 saturated heterocycles. The molecule has 32 nitrogen and oxygen atoms in total. The second kappa shape index (κ2) is 32.0. The fourth-order valence-electron chi connectivity index (χ4n) is 12.4. The minimum atomic E-state index is -2.68. The first-order valence-electron chi connectivity index (χ1n) is 32.3. The Morgan fingerprint density at radius 2 is 1.37 bits per heavy atom. The average Bonchev–Trinajstić information content (AvgIpc) is 0.781. The van der Waals surface area contributed by atoms with E-state index in [1.807, 2.05) is 13.8 Å². The van der Waals surface area contributed by atoms with Crippen molar-refractivity contribution in [2.45, 2.75) is 175 Å². The minimum absolute atomic E-state index is 0.0863. The van der Waals surface area contributed by atoms with Crippen LogP contribution in [0.25, 0.3) is 0 Å². The molecular formula is C68H82Cl2N8O24. The summed E-state index contributed by atoms with van der Waals surface area (Å²) in [7, 11) is 1.48. The van der Waals surface area contributed by atoms with Gasteiger partial charge in [-0.3, -0.25) is 33.6 Å². The lowest BCUT2D eigenvalue weighted by molar-refractivity contribution is -0.333. The Hall–Kier alpha value is -8.55. The smallest absolute Gasteiger partial charge is 0.246 e. The number of benzene rings is 5. The van der Waals surface area contributed by atoms with Crippen molar-refractivity contribution in [2.24, 2.45) is 17.4 Å². The van der Waals surface area contributed by atoms with Crippen molar-refractivity contribution in [2.75, 3.05) is 13.7 Å². The number of halogens is 2. The van der Waals surface area contributed by atoms with E-state index in [0.717, 1.165) is 67.6 Å². The number of carbonyl (C=O) groups is 7. The molecule has 552 valence electrons. The summed E-state index contributed by atoms with van der Waals surface area (Å²) in [6.45, 7) is 6.75. The number of rotatable bonds is 17. The SMILES string of the molecule is CNC(CC(C)C)C(=O)NC1C(=O)NC(CC(N)=O)C(=O)NC2C(=O)CC(c3ccc(O)cc3)C(=O)NC(C(=O)NC(c3cc(O)cc(O)c3)C(O)O)C(C)(O)c3ccc(c(Cl)c3)Oc3cc2cc(c3OC2OC(CO)C(O)C(O)C2OC2CC(C)(N)C(O)C(C)O2)Oc2ccc(cc2Cl)C1O. The fourth-order valence-corrected chi connectivity index (χ4v) is 12.9. The highest BCUT2D eigenvalue weighted by Gasteiger charge is 2.52. The highest BCUT2D eigenvalue weighted by atomic mass is 35.5. The van der Waals surface area contributed by atoms with Gasteiger partial charge >= 0.3 is 0 Å². The van der Waals surface area contributed by atoms with Crippen LogP contribution in [0.4, 0.5) is 0 Å². The number of fused-ring (bicyclic) bond motifs is 16. The van der Waals surface area contributed by atoms with Crippen molar-refractivity contribution in [1.29, 1.82) is 0 Å². The van der Waals surface area contributed by atoms with Gasteiger partial charge in [-0.05, 0) is 129 Å². The zero-order chi connectivity index (χ0) is 74.7. The third-order valence-electron chi connectivity index (χ3n) is 18.0. The summed E-state index contributed by atoms with van der Waals surface area (Å²) < 4.78 is 38.5. The number of ketones is 1. The first kappa shape index (κ1) is 77.6. The Morgan fingerprint density at radius 3 is 1.94 bits per heavy atom. The first-order valence-corrected chi connectivity index (χ1v) is 33.0. The van der Waals surface area contributed by atoms with Gasteiger partial charge in [0, 0.05) is 24.4 Å². The number of Topliss-reactive ketones (excluding diaryl/α,β-unsaturated/α-hetero) is 1. The van der Waals surface area contributed by atoms with Crippen molar-refractivity contribution in [3.8, 4) is 46.0 Å². The number of aliphatic hydroxyl groups excluding tert-OH is 6. The molecular weight excluding hydrogens is 1380 g/mol. The van der Waals surface area contributed by atoms with Gasteiger partial charge in [-0.2, -0.15) is 0 Å². The molecule has 6 heterocycles. The van der Waals surface area contributed by atoms with Crippen LogP contribution in [-0.2, 0) is 53.4 Å². The molecule has 5 aromatic carbocycles. The molecule has 102 heavy (non-hydrogen) atoms. The molecule has 0 radical (unpaired) electrons. The van der Waals surface area contributed by atoms with Gasteiger partial charge in [0.05, 0.1) is 47.2 Å². The van der Waals surface area contributed by atoms with Gasteiger partial charge in [0.25, 0.3) is 0 Å². The maximum absolute atomic E-state index is 16.0. The Labute approximate surface area is 593 Å². The number of likely N-dealkylation sites (N-methyl/N-ethyl adjacent to an activating group) is 1. The predicted octanol–water partition coefficient (Wildman–Crippen LogP) is 0.412. The largest absolute Gasteiger partial charge is 0.508 e. The molecule has 7 bridgehead atoms. The number of nitrogens with one attached hydrogen (secondary N) is 6. The molecule has 0 spiro atoms. The van der Waals surface area contributed by atoms with Crippen molar-refractivity contribution in [3.05, 3.63) is 129 Å². The van der Waals surface area contributed by atoms with Crippen LogP contribution in [0.5, 0.6) is 46.0 Å². The second-order valence-corrected chi connectivity index (χ2v) is 27.2. The van der Waals surface area contributed by atoms with Crippen molar-refractivity contribution in [3.63, 3.8) is 0 Å². The average molecular weight is 1470 g/mol. The number of carbonyl (C=O) groups excluding carboxylic acids is 7. The molecule has 18 unspecified atom stereocenters. The number of primary amides is 1. The minimum Gasteiger partial charge on any atom is -0.508 e. The summed E-state index contributed by atoms with van der Waals surface area (Å²) in [6, 6.07) is 5.20. The summed E-state index contributed by atoms with van der Waals surface area (Å²) in [5, 5.41) is 137. The van der Waals surface area contributed by atoms with Gasteiger partial charge < -0.3 is 128 Å². The summed E-state index contributed by atoms with van der Waals surface area (Å²) in [6.07, 6.45) is -19.7. The van der Waals surface area contributed by atoms with Gasteiger partial charge in [-0.1, -0.05) is 61.3 Å². The van der Waals surface area contributed by atoms with E-state index in [1.165, 1.54) is 51.2 Å².